The minimum atomic E-state index is -0.406. The van der Waals surface area contributed by atoms with Crippen molar-refractivity contribution in [3.63, 3.8) is 0 Å². The number of hydrogen-bond acceptors (Lipinski definition) is 4. The second-order valence-electron chi connectivity index (χ2n) is 4.27. The van der Waals surface area contributed by atoms with Crippen LogP contribution in [0.1, 0.15) is 27.6 Å². The van der Waals surface area contributed by atoms with Gasteiger partial charge in [0.25, 0.3) is 5.91 Å². The SMILES string of the molecule is Cc1nn(Cn2nc(C(=O)NN)cc2C)c(C)c1Br. The largest absolute Gasteiger partial charge is 0.289 e. The summed E-state index contributed by atoms with van der Waals surface area (Å²) in [5.74, 6) is 4.68. The van der Waals surface area contributed by atoms with Gasteiger partial charge in [0.2, 0.25) is 0 Å². The number of nitrogens with one attached hydrogen (secondary N) is 1. The Hall–Kier alpha value is -1.67. The molecule has 7 nitrogen and oxygen atoms in total. The van der Waals surface area contributed by atoms with Gasteiger partial charge in [-0.25, -0.2) is 15.2 Å². The first-order valence-electron chi connectivity index (χ1n) is 5.69. The van der Waals surface area contributed by atoms with E-state index in [-0.39, 0.29) is 0 Å². The van der Waals surface area contributed by atoms with E-state index in [1.807, 2.05) is 25.5 Å². The molecule has 0 radical (unpaired) electrons. The Morgan fingerprint density at radius 2 is 2.05 bits per heavy atom. The van der Waals surface area contributed by atoms with Crippen molar-refractivity contribution in [2.45, 2.75) is 27.4 Å². The highest BCUT2D eigenvalue weighted by Gasteiger charge is 2.13. The van der Waals surface area contributed by atoms with Crippen LogP contribution in [0.4, 0.5) is 0 Å². The average molecular weight is 327 g/mol. The molecule has 3 N–H and O–H groups in total. The predicted octanol–water partition coefficient (Wildman–Crippen LogP) is 0.877. The zero-order chi connectivity index (χ0) is 14.2. The smallest absolute Gasteiger partial charge is 0.285 e. The third-order valence-corrected chi connectivity index (χ3v) is 4.05. The van der Waals surface area contributed by atoms with Crippen LogP contribution in [0.5, 0.6) is 0 Å². The van der Waals surface area contributed by atoms with E-state index in [4.69, 9.17) is 5.84 Å². The van der Waals surface area contributed by atoms with Crippen molar-refractivity contribution in [1.29, 1.82) is 0 Å². The van der Waals surface area contributed by atoms with Crippen LogP contribution in [0, 0.1) is 20.8 Å². The first-order valence-corrected chi connectivity index (χ1v) is 6.48. The van der Waals surface area contributed by atoms with E-state index in [2.05, 4.69) is 31.6 Å². The molecule has 2 rings (SSSR count). The Bertz CT molecular complexity index is 629. The van der Waals surface area contributed by atoms with Gasteiger partial charge >= 0.3 is 0 Å². The highest BCUT2D eigenvalue weighted by molar-refractivity contribution is 9.10. The maximum absolute atomic E-state index is 11.4. The highest BCUT2D eigenvalue weighted by Crippen LogP contribution is 2.19. The van der Waals surface area contributed by atoms with Gasteiger partial charge < -0.3 is 0 Å². The molecule has 0 saturated heterocycles. The third kappa shape index (κ3) is 2.54. The zero-order valence-electron chi connectivity index (χ0n) is 10.9. The summed E-state index contributed by atoms with van der Waals surface area (Å²) in [7, 11) is 0. The van der Waals surface area contributed by atoms with Crippen LogP contribution in [-0.2, 0) is 6.67 Å². The number of carbonyl (C=O) groups excluding carboxylic acids is 1. The van der Waals surface area contributed by atoms with E-state index in [0.29, 0.717) is 12.4 Å². The molecule has 8 heteroatoms. The molecule has 2 aromatic rings. The van der Waals surface area contributed by atoms with Crippen LogP contribution in [0.15, 0.2) is 10.5 Å². The molecule has 0 aliphatic heterocycles. The van der Waals surface area contributed by atoms with Crippen molar-refractivity contribution in [1.82, 2.24) is 25.0 Å². The van der Waals surface area contributed by atoms with Gasteiger partial charge in [0.05, 0.1) is 15.9 Å². The van der Waals surface area contributed by atoms with Gasteiger partial charge in [0.1, 0.15) is 6.67 Å². The highest BCUT2D eigenvalue weighted by atomic mass is 79.9. The molecule has 0 fully saturated rings. The molecular weight excluding hydrogens is 312 g/mol. The van der Waals surface area contributed by atoms with Crippen molar-refractivity contribution in [2.24, 2.45) is 5.84 Å². The van der Waals surface area contributed by atoms with E-state index in [0.717, 1.165) is 21.6 Å². The molecule has 19 heavy (non-hydrogen) atoms. The van der Waals surface area contributed by atoms with Crippen molar-refractivity contribution >= 4 is 21.8 Å². The van der Waals surface area contributed by atoms with Gasteiger partial charge in [-0.15, -0.1) is 0 Å². The molecule has 0 spiro atoms. The summed E-state index contributed by atoms with van der Waals surface area (Å²) >= 11 is 3.48. The van der Waals surface area contributed by atoms with E-state index in [1.165, 1.54) is 0 Å². The van der Waals surface area contributed by atoms with Gasteiger partial charge in [-0.05, 0) is 42.8 Å². The lowest BCUT2D eigenvalue weighted by atomic mass is 10.3. The lowest BCUT2D eigenvalue weighted by Gasteiger charge is -2.06. The van der Waals surface area contributed by atoms with Crippen LogP contribution in [0.3, 0.4) is 0 Å². The number of hydrazine groups is 1. The lowest BCUT2D eigenvalue weighted by molar-refractivity contribution is 0.0947. The van der Waals surface area contributed by atoms with Crippen molar-refractivity contribution in [3.8, 4) is 0 Å². The molecule has 0 atom stereocenters. The monoisotopic (exact) mass is 326 g/mol. The van der Waals surface area contributed by atoms with Crippen LogP contribution in [0.2, 0.25) is 0 Å². The van der Waals surface area contributed by atoms with Crippen molar-refractivity contribution in [3.05, 3.63) is 33.3 Å². The predicted molar refractivity (Wildman–Crippen MR) is 73.4 cm³/mol. The summed E-state index contributed by atoms with van der Waals surface area (Å²) < 4.78 is 4.51. The summed E-state index contributed by atoms with van der Waals surface area (Å²) in [5.41, 5.74) is 5.15. The minimum absolute atomic E-state index is 0.292. The van der Waals surface area contributed by atoms with Crippen LogP contribution in [0.25, 0.3) is 0 Å². The van der Waals surface area contributed by atoms with Gasteiger partial charge in [-0.3, -0.25) is 10.2 Å². The summed E-state index contributed by atoms with van der Waals surface area (Å²) in [5, 5.41) is 8.61. The second-order valence-corrected chi connectivity index (χ2v) is 5.06. The van der Waals surface area contributed by atoms with Gasteiger partial charge in [-0.2, -0.15) is 10.2 Å². The van der Waals surface area contributed by atoms with Crippen LogP contribution < -0.4 is 11.3 Å². The number of nitrogens with two attached hydrogens (primary N) is 1. The third-order valence-electron chi connectivity index (χ3n) is 2.91. The molecule has 0 bridgehead atoms. The van der Waals surface area contributed by atoms with Gasteiger partial charge in [-0.1, -0.05) is 0 Å². The fraction of sp³-hybridized carbons (Fsp3) is 0.364. The number of halogens is 1. The van der Waals surface area contributed by atoms with Crippen molar-refractivity contribution < 1.29 is 4.79 Å². The first kappa shape index (κ1) is 13.8. The Morgan fingerprint density at radius 3 is 2.58 bits per heavy atom. The number of hydrogen-bond donors (Lipinski definition) is 2. The van der Waals surface area contributed by atoms with Gasteiger partial charge in [0, 0.05) is 5.69 Å². The number of amides is 1. The average Bonchev–Trinajstić information content (AvgIpc) is 2.86. The van der Waals surface area contributed by atoms with E-state index in [9.17, 15) is 4.79 Å². The number of rotatable bonds is 3. The number of carbonyl (C=O) groups is 1. The maximum Gasteiger partial charge on any atom is 0.285 e. The minimum Gasteiger partial charge on any atom is -0.289 e. The Kier molecular flexibility index (Phi) is 3.72. The Morgan fingerprint density at radius 1 is 1.37 bits per heavy atom. The lowest BCUT2D eigenvalue weighted by Crippen LogP contribution is -2.30. The summed E-state index contributed by atoms with van der Waals surface area (Å²) in [6.07, 6.45) is 0. The molecule has 0 saturated carbocycles. The molecule has 0 aliphatic carbocycles. The molecule has 2 heterocycles. The zero-order valence-corrected chi connectivity index (χ0v) is 12.5. The number of aryl methyl sites for hydroxylation is 2. The first-order chi connectivity index (χ1) is 8.93. The molecule has 0 aliphatic rings. The van der Waals surface area contributed by atoms with Gasteiger partial charge in [0.15, 0.2) is 5.69 Å². The quantitative estimate of drug-likeness (QED) is 0.497. The number of aromatic nitrogens is 4. The molecular formula is C11H15BrN6O. The standard InChI is InChI=1S/C11H15BrN6O/c1-6-4-9(11(19)14-13)16-17(6)5-18-8(3)10(12)7(2)15-18/h4H,5,13H2,1-3H3,(H,14,19). The van der Waals surface area contributed by atoms with E-state index >= 15 is 0 Å². The van der Waals surface area contributed by atoms with E-state index in [1.54, 1.807) is 10.7 Å². The Balaban J connectivity index is 2.31. The normalized spacial score (nSPS) is 10.8. The fourth-order valence-electron chi connectivity index (χ4n) is 1.78. The molecule has 0 unspecified atom stereocenters. The Labute approximate surface area is 118 Å². The summed E-state index contributed by atoms with van der Waals surface area (Å²) in [4.78, 5) is 11.4. The van der Waals surface area contributed by atoms with Crippen molar-refractivity contribution in [2.75, 3.05) is 0 Å². The molecule has 102 valence electrons. The summed E-state index contributed by atoms with van der Waals surface area (Å²) in [6.45, 7) is 6.22. The maximum atomic E-state index is 11.4. The number of nitrogen functional groups attached to an aromatic ring is 1. The van der Waals surface area contributed by atoms with E-state index < -0.39 is 5.91 Å². The molecule has 0 aromatic carbocycles. The van der Waals surface area contributed by atoms with Crippen LogP contribution in [-0.4, -0.2) is 25.5 Å². The number of nitrogens with zero attached hydrogens (tertiary/aromatic N) is 4. The second kappa shape index (κ2) is 5.14. The molecule has 1 amide bonds. The molecule has 2 aromatic heterocycles. The topological polar surface area (TPSA) is 90.8 Å². The summed E-state index contributed by atoms with van der Waals surface area (Å²) in [6, 6.07) is 1.68. The fourth-order valence-corrected chi connectivity index (χ4v) is 2.06. The van der Waals surface area contributed by atoms with Crippen LogP contribution >= 0.6 is 15.9 Å².